The monoisotopic (exact) mass is 509 g/mol. The van der Waals surface area contributed by atoms with Crippen molar-refractivity contribution in [1.82, 2.24) is 15.8 Å². The third-order valence-electron chi connectivity index (χ3n) is 6.49. The number of hydrazine groups is 1. The highest BCUT2D eigenvalue weighted by atomic mass is 16.5. The van der Waals surface area contributed by atoms with Crippen molar-refractivity contribution in [1.29, 1.82) is 0 Å². The standard InChI is InChI=1S/C30H27N3O5/c1-30(25-18-10-14-22-13-8-9-17-24(22)25,31-29(36)37-20-21-11-4-2-5-12-21)28(35)32-33-26(34)19-27(33)38-23-15-6-3-7-16-23/h2-18,27H,19-20H2,1H3,(H,31,36)(H,32,35)/t27?,30-/m0/s1. The molecule has 0 bridgehead atoms. The maximum Gasteiger partial charge on any atom is 0.408 e. The van der Waals surface area contributed by atoms with Gasteiger partial charge in [0.2, 0.25) is 12.1 Å². The number of carbonyl (C=O) groups is 3. The Morgan fingerprint density at radius 3 is 2.29 bits per heavy atom. The molecule has 0 spiro atoms. The summed E-state index contributed by atoms with van der Waals surface area (Å²) in [5.41, 5.74) is 2.45. The molecule has 5 rings (SSSR count). The van der Waals surface area contributed by atoms with Gasteiger partial charge in [-0.1, -0.05) is 91.0 Å². The largest absolute Gasteiger partial charge is 0.468 e. The van der Waals surface area contributed by atoms with E-state index in [2.05, 4.69) is 10.7 Å². The highest BCUT2D eigenvalue weighted by molar-refractivity contribution is 5.98. The highest BCUT2D eigenvalue weighted by Gasteiger charge is 2.45. The molecule has 0 saturated carbocycles. The molecule has 1 aliphatic heterocycles. The van der Waals surface area contributed by atoms with Crippen LogP contribution in [0.4, 0.5) is 4.79 Å². The molecule has 4 aromatic rings. The van der Waals surface area contributed by atoms with Crippen LogP contribution >= 0.6 is 0 Å². The third kappa shape index (κ3) is 5.15. The van der Waals surface area contributed by atoms with Crippen molar-refractivity contribution >= 4 is 28.7 Å². The Hall–Kier alpha value is -4.85. The van der Waals surface area contributed by atoms with E-state index in [1.54, 1.807) is 25.1 Å². The van der Waals surface area contributed by atoms with E-state index in [1.165, 1.54) is 0 Å². The summed E-state index contributed by atoms with van der Waals surface area (Å²) in [6, 6.07) is 31.4. The van der Waals surface area contributed by atoms with Crippen LogP contribution in [0.5, 0.6) is 5.75 Å². The summed E-state index contributed by atoms with van der Waals surface area (Å²) in [5, 5.41) is 5.58. The first-order chi connectivity index (χ1) is 18.4. The predicted octanol–water partition coefficient (Wildman–Crippen LogP) is 4.65. The number of ether oxygens (including phenoxy) is 2. The van der Waals surface area contributed by atoms with Crippen molar-refractivity contribution in [3.05, 3.63) is 114 Å². The van der Waals surface area contributed by atoms with Crippen LogP contribution < -0.4 is 15.5 Å². The van der Waals surface area contributed by atoms with Gasteiger partial charge in [0.1, 0.15) is 17.9 Å². The summed E-state index contributed by atoms with van der Waals surface area (Å²) >= 11 is 0. The second kappa shape index (κ2) is 10.6. The van der Waals surface area contributed by atoms with Crippen LogP contribution in [0.3, 0.4) is 0 Å². The second-order valence-corrected chi connectivity index (χ2v) is 9.13. The van der Waals surface area contributed by atoms with E-state index in [-0.39, 0.29) is 18.9 Å². The average molecular weight is 510 g/mol. The zero-order valence-electron chi connectivity index (χ0n) is 20.8. The molecule has 2 atom stereocenters. The first-order valence-electron chi connectivity index (χ1n) is 12.3. The van der Waals surface area contributed by atoms with Gasteiger partial charge < -0.3 is 14.8 Å². The molecular weight excluding hydrogens is 482 g/mol. The maximum absolute atomic E-state index is 13.8. The van der Waals surface area contributed by atoms with Gasteiger partial charge in [-0.15, -0.1) is 0 Å². The van der Waals surface area contributed by atoms with Crippen LogP contribution in [0.15, 0.2) is 103 Å². The number of hydrogen-bond acceptors (Lipinski definition) is 5. The Labute approximate surface area is 220 Å². The molecule has 8 nitrogen and oxygen atoms in total. The minimum Gasteiger partial charge on any atom is -0.468 e. The van der Waals surface area contributed by atoms with E-state index in [0.29, 0.717) is 11.3 Å². The average Bonchev–Trinajstić information content (AvgIpc) is 2.95. The van der Waals surface area contributed by atoms with Crippen LogP contribution in [-0.4, -0.2) is 29.1 Å². The van der Waals surface area contributed by atoms with E-state index < -0.39 is 23.8 Å². The van der Waals surface area contributed by atoms with Crippen molar-refractivity contribution in [2.24, 2.45) is 0 Å². The normalized spacial score (nSPS) is 16.2. The van der Waals surface area contributed by atoms with Crippen LogP contribution in [0.2, 0.25) is 0 Å². The Kier molecular flexibility index (Phi) is 6.95. The zero-order chi connectivity index (χ0) is 26.5. The van der Waals surface area contributed by atoms with Gasteiger partial charge in [0, 0.05) is 0 Å². The lowest BCUT2D eigenvalue weighted by molar-refractivity contribution is -0.174. The lowest BCUT2D eigenvalue weighted by Gasteiger charge is -2.41. The van der Waals surface area contributed by atoms with Crippen LogP contribution in [0, 0.1) is 0 Å². The lowest BCUT2D eigenvalue weighted by Crippen LogP contribution is -2.67. The fraction of sp³-hybridized carbons (Fsp3) is 0.167. The van der Waals surface area contributed by atoms with E-state index in [9.17, 15) is 14.4 Å². The minimum atomic E-state index is -1.58. The van der Waals surface area contributed by atoms with Gasteiger partial charge in [-0.2, -0.15) is 0 Å². The molecule has 38 heavy (non-hydrogen) atoms. The van der Waals surface area contributed by atoms with Gasteiger partial charge >= 0.3 is 6.09 Å². The fourth-order valence-electron chi connectivity index (χ4n) is 4.36. The Morgan fingerprint density at radius 1 is 0.895 bits per heavy atom. The second-order valence-electron chi connectivity index (χ2n) is 9.13. The number of carbonyl (C=O) groups excluding carboxylic acids is 3. The van der Waals surface area contributed by atoms with Crippen molar-refractivity contribution in [2.45, 2.75) is 31.7 Å². The molecule has 0 aromatic heterocycles. The molecule has 1 aliphatic rings. The van der Waals surface area contributed by atoms with E-state index in [0.717, 1.165) is 21.3 Å². The molecule has 1 fully saturated rings. The summed E-state index contributed by atoms with van der Waals surface area (Å²) in [5.74, 6) is -0.338. The van der Waals surface area contributed by atoms with Crippen LogP contribution in [-0.2, 0) is 26.5 Å². The molecular formula is C30H27N3O5. The molecule has 4 aromatic carbocycles. The van der Waals surface area contributed by atoms with Gasteiger partial charge in [0.15, 0.2) is 0 Å². The number of fused-ring (bicyclic) bond motifs is 1. The molecule has 0 radical (unpaired) electrons. The number of nitrogens with one attached hydrogen (secondary N) is 2. The lowest BCUT2D eigenvalue weighted by atomic mass is 9.87. The van der Waals surface area contributed by atoms with Crippen molar-refractivity contribution in [3.63, 3.8) is 0 Å². The Morgan fingerprint density at radius 2 is 1.55 bits per heavy atom. The van der Waals surface area contributed by atoms with E-state index >= 15 is 0 Å². The van der Waals surface area contributed by atoms with Gasteiger partial charge in [-0.05, 0) is 41.0 Å². The summed E-state index contributed by atoms with van der Waals surface area (Å²) in [4.78, 5) is 39.2. The first kappa shape index (κ1) is 24.8. The number of β-lactam (4-membered cyclic amide) rings is 1. The number of alkyl carbamates (subject to hydrolysis) is 1. The van der Waals surface area contributed by atoms with E-state index in [4.69, 9.17) is 9.47 Å². The first-order valence-corrected chi connectivity index (χ1v) is 12.3. The number of rotatable bonds is 8. The molecule has 1 heterocycles. The number of amides is 3. The van der Waals surface area contributed by atoms with Crippen LogP contribution in [0.25, 0.3) is 10.8 Å². The van der Waals surface area contributed by atoms with Gasteiger partial charge in [-0.25, -0.2) is 9.80 Å². The Bertz CT molecular complexity index is 1460. The fourth-order valence-corrected chi connectivity index (χ4v) is 4.36. The summed E-state index contributed by atoms with van der Waals surface area (Å²) in [6.45, 7) is 1.63. The summed E-state index contributed by atoms with van der Waals surface area (Å²) in [6.07, 6.45) is -1.32. The van der Waals surface area contributed by atoms with Crippen molar-refractivity contribution < 1.29 is 23.9 Å². The number of benzene rings is 4. The molecule has 1 saturated heterocycles. The molecule has 192 valence electrons. The molecule has 1 unspecified atom stereocenters. The summed E-state index contributed by atoms with van der Waals surface area (Å²) < 4.78 is 11.3. The molecule has 2 N–H and O–H groups in total. The molecule has 3 amide bonds. The Balaban J connectivity index is 1.40. The maximum atomic E-state index is 13.8. The molecule has 8 heteroatoms. The zero-order valence-corrected chi connectivity index (χ0v) is 20.8. The van der Waals surface area contributed by atoms with Gasteiger partial charge in [0.25, 0.3) is 5.91 Å². The SMILES string of the molecule is C[C@@](NC(=O)OCc1ccccc1)(C(=O)NN1C(=O)CC1Oc1ccccc1)c1cccc2ccccc12. The predicted molar refractivity (Wildman–Crippen MR) is 142 cm³/mol. The van der Waals surface area contributed by atoms with Crippen molar-refractivity contribution in [2.75, 3.05) is 0 Å². The smallest absolute Gasteiger partial charge is 0.408 e. The number of nitrogens with zero attached hydrogens (tertiary/aromatic N) is 1. The minimum absolute atomic E-state index is 0.0392. The number of para-hydroxylation sites is 1. The van der Waals surface area contributed by atoms with Crippen LogP contribution in [0.1, 0.15) is 24.5 Å². The van der Waals surface area contributed by atoms with Gasteiger partial charge in [0.05, 0.1) is 6.42 Å². The topological polar surface area (TPSA) is 97.0 Å². The highest BCUT2D eigenvalue weighted by Crippen LogP contribution is 2.31. The van der Waals surface area contributed by atoms with E-state index in [1.807, 2.05) is 84.9 Å². The quantitative estimate of drug-likeness (QED) is 0.337. The van der Waals surface area contributed by atoms with Crippen molar-refractivity contribution in [3.8, 4) is 5.75 Å². The molecule has 0 aliphatic carbocycles. The number of hydrogen-bond donors (Lipinski definition) is 2. The van der Waals surface area contributed by atoms with Gasteiger partial charge in [-0.3, -0.25) is 15.0 Å². The summed E-state index contributed by atoms with van der Waals surface area (Å²) in [7, 11) is 0. The third-order valence-corrected chi connectivity index (χ3v) is 6.49.